The molecule has 102 valence electrons. The molecule has 0 saturated carbocycles. The van der Waals surface area contributed by atoms with Gasteiger partial charge in [-0.25, -0.2) is 0 Å². The molecular weight excluding hydrogens is 222 g/mol. The smallest absolute Gasteiger partial charge is 0.118 e. The summed E-state index contributed by atoms with van der Waals surface area (Å²) in [6.07, 6.45) is 7.93. The number of rotatable bonds is 8. The highest BCUT2D eigenvalue weighted by Crippen LogP contribution is 2.24. The van der Waals surface area contributed by atoms with Crippen LogP contribution in [0.3, 0.4) is 0 Å². The van der Waals surface area contributed by atoms with Crippen molar-refractivity contribution >= 4 is 5.69 Å². The van der Waals surface area contributed by atoms with Crippen LogP contribution in [0, 0.1) is 13.8 Å². The molecule has 0 atom stereocenters. The fraction of sp³-hybridized carbons (Fsp3) is 0.625. The number of nitrogens with one attached hydrogen (secondary N) is 1. The summed E-state index contributed by atoms with van der Waals surface area (Å²) < 4.78 is 0. The first-order valence-corrected chi connectivity index (χ1v) is 7.19. The number of phenolic OH excluding ortho intramolecular Hbond substituents is 1. The average molecular weight is 249 g/mol. The number of anilines is 1. The lowest BCUT2D eigenvalue weighted by Crippen LogP contribution is -2.03. The maximum atomic E-state index is 9.59. The highest BCUT2D eigenvalue weighted by Gasteiger charge is 2.02. The van der Waals surface area contributed by atoms with Gasteiger partial charge in [-0.05, 0) is 43.5 Å². The van der Waals surface area contributed by atoms with Crippen molar-refractivity contribution in [2.24, 2.45) is 0 Å². The van der Waals surface area contributed by atoms with E-state index in [9.17, 15) is 5.11 Å². The van der Waals surface area contributed by atoms with Crippen molar-refractivity contribution in [1.29, 1.82) is 0 Å². The number of aryl methyl sites for hydroxylation is 2. The molecule has 18 heavy (non-hydrogen) atoms. The van der Waals surface area contributed by atoms with Crippen LogP contribution in [0.15, 0.2) is 12.1 Å². The van der Waals surface area contributed by atoms with E-state index in [0.717, 1.165) is 23.4 Å². The Kier molecular flexibility index (Phi) is 6.63. The Hall–Kier alpha value is -1.18. The van der Waals surface area contributed by atoms with Crippen LogP contribution < -0.4 is 5.32 Å². The zero-order chi connectivity index (χ0) is 13.4. The van der Waals surface area contributed by atoms with E-state index in [-0.39, 0.29) is 0 Å². The molecule has 0 spiro atoms. The fourth-order valence-electron chi connectivity index (χ4n) is 2.12. The molecular formula is C16H27NO. The molecule has 0 saturated heterocycles. The van der Waals surface area contributed by atoms with Crippen LogP contribution in [0.1, 0.15) is 56.6 Å². The number of aromatic hydroxyl groups is 1. The molecule has 0 amide bonds. The normalized spacial score (nSPS) is 10.6. The Balaban J connectivity index is 2.25. The van der Waals surface area contributed by atoms with Crippen molar-refractivity contribution < 1.29 is 5.11 Å². The van der Waals surface area contributed by atoms with Gasteiger partial charge in [0, 0.05) is 12.2 Å². The van der Waals surface area contributed by atoms with Crippen molar-refractivity contribution in [1.82, 2.24) is 0 Å². The Bertz CT molecular complexity index is 360. The maximum Gasteiger partial charge on any atom is 0.118 e. The molecule has 1 rings (SSSR count). The zero-order valence-corrected chi connectivity index (χ0v) is 12.1. The van der Waals surface area contributed by atoms with Gasteiger partial charge in [0.25, 0.3) is 0 Å². The van der Waals surface area contributed by atoms with Crippen LogP contribution in [0.5, 0.6) is 5.75 Å². The minimum absolute atomic E-state index is 0.387. The van der Waals surface area contributed by atoms with E-state index in [1.807, 2.05) is 26.0 Å². The Morgan fingerprint density at radius 3 is 2.33 bits per heavy atom. The lowest BCUT2D eigenvalue weighted by atomic mass is 10.1. The molecule has 2 nitrogen and oxygen atoms in total. The summed E-state index contributed by atoms with van der Waals surface area (Å²) in [6.45, 7) is 7.24. The Labute approximate surface area is 111 Å². The van der Waals surface area contributed by atoms with E-state index in [1.165, 1.54) is 38.5 Å². The van der Waals surface area contributed by atoms with Gasteiger partial charge in [-0.15, -0.1) is 0 Å². The van der Waals surface area contributed by atoms with Crippen molar-refractivity contribution in [3.63, 3.8) is 0 Å². The predicted octanol–water partition coefficient (Wildman–Crippen LogP) is 4.78. The summed E-state index contributed by atoms with van der Waals surface area (Å²) >= 11 is 0. The second kappa shape index (κ2) is 8.02. The third-order valence-corrected chi connectivity index (χ3v) is 3.39. The van der Waals surface area contributed by atoms with Gasteiger partial charge in [-0.3, -0.25) is 0 Å². The Morgan fingerprint density at radius 2 is 1.61 bits per heavy atom. The second-order valence-corrected chi connectivity index (χ2v) is 5.15. The molecule has 0 fully saturated rings. The van der Waals surface area contributed by atoms with Gasteiger partial charge in [-0.1, -0.05) is 39.0 Å². The van der Waals surface area contributed by atoms with Gasteiger partial charge < -0.3 is 10.4 Å². The predicted molar refractivity (Wildman–Crippen MR) is 79.4 cm³/mol. The van der Waals surface area contributed by atoms with Crippen molar-refractivity contribution in [3.05, 3.63) is 23.3 Å². The van der Waals surface area contributed by atoms with Crippen LogP contribution >= 0.6 is 0 Å². The summed E-state index contributed by atoms with van der Waals surface area (Å²) in [4.78, 5) is 0. The van der Waals surface area contributed by atoms with Crippen LogP contribution in [0.25, 0.3) is 0 Å². The minimum Gasteiger partial charge on any atom is -0.508 e. The van der Waals surface area contributed by atoms with E-state index in [1.54, 1.807) is 0 Å². The van der Waals surface area contributed by atoms with E-state index in [0.29, 0.717) is 5.75 Å². The van der Waals surface area contributed by atoms with Gasteiger partial charge >= 0.3 is 0 Å². The molecule has 0 aliphatic rings. The number of unbranched alkanes of at least 4 members (excludes halogenated alkanes) is 5. The fourth-order valence-corrected chi connectivity index (χ4v) is 2.12. The standard InChI is InChI=1S/C16H27NO/c1-4-5-6-7-8-9-10-17-15-11-14(3)16(18)12-13(15)2/h11-12,17-18H,4-10H2,1-3H3. The first kappa shape index (κ1) is 14.9. The first-order valence-electron chi connectivity index (χ1n) is 7.19. The highest BCUT2D eigenvalue weighted by molar-refractivity contribution is 5.56. The maximum absolute atomic E-state index is 9.59. The molecule has 2 heteroatoms. The Morgan fingerprint density at radius 1 is 0.944 bits per heavy atom. The van der Waals surface area contributed by atoms with Crippen LogP contribution in [0.2, 0.25) is 0 Å². The lowest BCUT2D eigenvalue weighted by Gasteiger charge is -2.11. The lowest BCUT2D eigenvalue weighted by molar-refractivity contribution is 0.471. The van der Waals surface area contributed by atoms with Crippen molar-refractivity contribution in [3.8, 4) is 5.75 Å². The molecule has 0 aromatic heterocycles. The van der Waals surface area contributed by atoms with Gasteiger partial charge in [0.2, 0.25) is 0 Å². The molecule has 1 aromatic carbocycles. The molecule has 0 heterocycles. The van der Waals surface area contributed by atoms with Gasteiger partial charge in [0.05, 0.1) is 0 Å². The third kappa shape index (κ3) is 4.99. The molecule has 0 radical (unpaired) electrons. The monoisotopic (exact) mass is 249 g/mol. The van der Waals surface area contributed by atoms with Gasteiger partial charge in [-0.2, -0.15) is 0 Å². The minimum atomic E-state index is 0.387. The molecule has 0 bridgehead atoms. The van der Waals surface area contributed by atoms with E-state index < -0.39 is 0 Å². The summed E-state index contributed by atoms with van der Waals surface area (Å²) in [7, 11) is 0. The molecule has 1 aromatic rings. The van der Waals surface area contributed by atoms with Gasteiger partial charge in [0.1, 0.15) is 5.75 Å². The zero-order valence-electron chi connectivity index (χ0n) is 12.1. The third-order valence-electron chi connectivity index (χ3n) is 3.39. The van der Waals surface area contributed by atoms with E-state index in [2.05, 4.69) is 12.2 Å². The number of hydrogen-bond acceptors (Lipinski definition) is 2. The quantitative estimate of drug-likeness (QED) is 0.513. The number of benzene rings is 1. The summed E-state index contributed by atoms with van der Waals surface area (Å²) in [5.74, 6) is 0.387. The molecule has 0 aliphatic heterocycles. The second-order valence-electron chi connectivity index (χ2n) is 5.15. The van der Waals surface area contributed by atoms with Gasteiger partial charge in [0.15, 0.2) is 0 Å². The molecule has 2 N–H and O–H groups in total. The number of hydrogen-bond donors (Lipinski definition) is 2. The summed E-state index contributed by atoms with van der Waals surface area (Å²) in [5.41, 5.74) is 3.20. The molecule has 0 aliphatic carbocycles. The van der Waals surface area contributed by atoms with Crippen molar-refractivity contribution in [2.75, 3.05) is 11.9 Å². The van der Waals surface area contributed by atoms with E-state index >= 15 is 0 Å². The van der Waals surface area contributed by atoms with Crippen LogP contribution in [-0.2, 0) is 0 Å². The van der Waals surface area contributed by atoms with Crippen molar-refractivity contribution in [2.45, 2.75) is 59.3 Å². The summed E-state index contributed by atoms with van der Waals surface area (Å²) in [5, 5.41) is 13.0. The SMILES string of the molecule is CCCCCCCCNc1cc(C)c(O)cc1C. The van der Waals surface area contributed by atoms with E-state index in [4.69, 9.17) is 0 Å². The summed E-state index contributed by atoms with van der Waals surface area (Å²) in [6, 6.07) is 3.86. The highest BCUT2D eigenvalue weighted by atomic mass is 16.3. The largest absolute Gasteiger partial charge is 0.508 e. The first-order chi connectivity index (χ1) is 8.65. The van der Waals surface area contributed by atoms with Crippen LogP contribution in [0.4, 0.5) is 5.69 Å². The number of phenols is 1. The topological polar surface area (TPSA) is 32.3 Å². The van der Waals surface area contributed by atoms with Crippen LogP contribution in [-0.4, -0.2) is 11.7 Å². The molecule has 0 unspecified atom stereocenters. The average Bonchev–Trinajstić information content (AvgIpc) is 2.34.